The van der Waals surface area contributed by atoms with Gasteiger partial charge in [0.05, 0.1) is 12.0 Å². The van der Waals surface area contributed by atoms with E-state index in [0.29, 0.717) is 0 Å². The lowest BCUT2D eigenvalue weighted by Crippen LogP contribution is -2.35. The fraction of sp³-hybridized carbons (Fsp3) is 0.235. The molecule has 108 valence electrons. The Bertz CT molecular complexity index is 645. The number of amides is 1. The van der Waals surface area contributed by atoms with Gasteiger partial charge in [0.1, 0.15) is 11.6 Å². The average molecular weight is 287 g/mol. The van der Waals surface area contributed by atoms with E-state index in [-0.39, 0.29) is 29.5 Å². The van der Waals surface area contributed by atoms with Gasteiger partial charge in [0, 0.05) is 0 Å². The highest BCUT2D eigenvalue weighted by Crippen LogP contribution is 2.45. The lowest BCUT2D eigenvalue weighted by molar-refractivity contribution is -0.121. The van der Waals surface area contributed by atoms with Crippen LogP contribution in [0.25, 0.3) is 0 Å². The van der Waals surface area contributed by atoms with Crippen molar-refractivity contribution in [3.63, 3.8) is 0 Å². The molecule has 2 aromatic rings. The lowest BCUT2D eigenvalue weighted by atomic mass is 10.0. The average Bonchev–Trinajstić information content (AvgIpc) is 3.23. The fourth-order valence-corrected chi connectivity index (χ4v) is 2.48. The maximum absolute atomic E-state index is 13.0. The Hall–Kier alpha value is -2.23. The predicted molar refractivity (Wildman–Crippen MR) is 75.6 cm³/mol. The molecule has 21 heavy (non-hydrogen) atoms. The normalized spacial score (nSPS) is 15.5. The van der Waals surface area contributed by atoms with Crippen molar-refractivity contribution < 1.29 is 13.6 Å². The van der Waals surface area contributed by atoms with Crippen LogP contribution in [0.4, 0.5) is 8.78 Å². The van der Waals surface area contributed by atoms with Gasteiger partial charge < -0.3 is 5.32 Å². The molecular weight excluding hydrogens is 272 g/mol. The summed E-state index contributed by atoms with van der Waals surface area (Å²) in [6.45, 7) is 0. The number of benzene rings is 2. The first-order chi connectivity index (χ1) is 10.1. The SMILES string of the molecule is O=C(Cc1ccc(F)cc1)NC1(c2ccc(F)cc2)CC1. The van der Waals surface area contributed by atoms with Crippen LogP contribution >= 0.6 is 0 Å². The summed E-state index contributed by atoms with van der Waals surface area (Å²) in [5.41, 5.74) is 1.34. The molecule has 2 nitrogen and oxygen atoms in total. The minimum atomic E-state index is -0.356. The molecule has 1 saturated carbocycles. The van der Waals surface area contributed by atoms with E-state index in [1.807, 2.05) is 0 Å². The highest BCUT2D eigenvalue weighted by atomic mass is 19.1. The molecule has 0 spiro atoms. The summed E-state index contributed by atoms with van der Waals surface area (Å²) in [7, 11) is 0. The quantitative estimate of drug-likeness (QED) is 0.918. The summed E-state index contributed by atoms with van der Waals surface area (Å²) in [5.74, 6) is -0.709. The third-order valence-electron chi connectivity index (χ3n) is 3.80. The molecular formula is C17H15F2NO. The maximum Gasteiger partial charge on any atom is 0.225 e. The number of hydrogen-bond acceptors (Lipinski definition) is 1. The Morgan fingerprint density at radius 2 is 1.48 bits per heavy atom. The Labute approximate surface area is 121 Å². The summed E-state index contributed by atoms with van der Waals surface area (Å²) in [6.07, 6.45) is 1.92. The van der Waals surface area contributed by atoms with Gasteiger partial charge in [0.15, 0.2) is 0 Å². The number of halogens is 2. The standard InChI is InChI=1S/C17H15F2NO/c18-14-5-1-12(2-6-14)11-16(21)20-17(9-10-17)13-3-7-15(19)8-4-13/h1-8H,9-11H2,(H,20,21). The first-order valence-corrected chi connectivity index (χ1v) is 6.89. The van der Waals surface area contributed by atoms with Gasteiger partial charge in [-0.3, -0.25) is 4.79 Å². The van der Waals surface area contributed by atoms with Gasteiger partial charge in [0.2, 0.25) is 5.91 Å². The van der Waals surface area contributed by atoms with Crippen molar-refractivity contribution in [2.75, 3.05) is 0 Å². The molecule has 1 aliphatic carbocycles. The Morgan fingerprint density at radius 1 is 0.952 bits per heavy atom. The molecule has 1 fully saturated rings. The number of hydrogen-bond donors (Lipinski definition) is 1. The molecule has 0 unspecified atom stereocenters. The van der Waals surface area contributed by atoms with Crippen LogP contribution in [0.15, 0.2) is 48.5 Å². The van der Waals surface area contributed by atoms with E-state index < -0.39 is 0 Å². The van der Waals surface area contributed by atoms with E-state index in [1.54, 1.807) is 24.3 Å². The van der Waals surface area contributed by atoms with Crippen LogP contribution in [-0.4, -0.2) is 5.91 Å². The maximum atomic E-state index is 13.0. The van der Waals surface area contributed by atoms with Crippen LogP contribution in [0.3, 0.4) is 0 Å². The highest BCUT2D eigenvalue weighted by Gasteiger charge is 2.45. The fourth-order valence-electron chi connectivity index (χ4n) is 2.48. The Morgan fingerprint density at radius 3 is 2.00 bits per heavy atom. The van der Waals surface area contributed by atoms with Crippen LogP contribution < -0.4 is 5.32 Å². The molecule has 2 aromatic carbocycles. The van der Waals surface area contributed by atoms with E-state index in [0.717, 1.165) is 24.0 Å². The molecule has 1 N–H and O–H groups in total. The first kappa shape index (κ1) is 13.7. The van der Waals surface area contributed by atoms with Gasteiger partial charge in [0.25, 0.3) is 0 Å². The van der Waals surface area contributed by atoms with Crippen LogP contribution in [0.5, 0.6) is 0 Å². The summed E-state index contributed by atoms with van der Waals surface area (Å²) < 4.78 is 25.8. The molecule has 0 aromatic heterocycles. The molecule has 0 radical (unpaired) electrons. The zero-order chi connectivity index (χ0) is 14.9. The van der Waals surface area contributed by atoms with Gasteiger partial charge in [-0.05, 0) is 48.2 Å². The molecule has 0 atom stereocenters. The minimum absolute atomic E-state index is 0.108. The first-order valence-electron chi connectivity index (χ1n) is 6.89. The van der Waals surface area contributed by atoms with Crippen LogP contribution in [-0.2, 0) is 16.8 Å². The van der Waals surface area contributed by atoms with Crippen molar-refractivity contribution >= 4 is 5.91 Å². The topological polar surface area (TPSA) is 29.1 Å². The molecule has 1 aliphatic rings. The zero-order valence-corrected chi connectivity index (χ0v) is 11.4. The molecule has 0 saturated heterocycles. The van der Waals surface area contributed by atoms with Crippen LogP contribution in [0.2, 0.25) is 0 Å². The molecule has 0 bridgehead atoms. The Kier molecular flexibility index (Phi) is 3.45. The monoisotopic (exact) mass is 287 g/mol. The van der Waals surface area contributed by atoms with E-state index in [4.69, 9.17) is 0 Å². The van der Waals surface area contributed by atoms with Gasteiger partial charge in [-0.15, -0.1) is 0 Å². The third-order valence-corrected chi connectivity index (χ3v) is 3.80. The van der Waals surface area contributed by atoms with Crippen molar-refractivity contribution in [3.8, 4) is 0 Å². The second kappa shape index (κ2) is 5.28. The van der Waals surface area contributed by atoms with E-state index >= 15 is 0 Å². The van der Waals surface area contributed by atoms with Gasteiger partial charge in [-0.2, -0.15) is 0 Å². The second-order valence-electron chi connectivity index (χ2n) is 5.44. The number of rotatable bonds is 4. The van der Waals surface area contributed by atoms with E-state index in [9.17, 15) is 13.6 Å². The third kappa shape index (κ3) is 3.10. The largest absolute Gasteiger partial charge is 0.346 e. The minimum Gasteiger partial charge on any atom is -0.346 e. The molecule has 3 rings (SSSR count). The van der Waals surface area contributed by atoms with Crippen molar-refractivity contribution in [3.05, 3.63) is 71.3 Å². The van der Waals surface area contributed by atoms with Crippen molar-refractivity contribution in [2.24, 2.45) is 0 Å². The number of carbonyl (C=O) groups is 1. The van der Waals surface area contributed by atoms with Gasteiger partial charge in [-0.1, -0.05) is 24.3 Å². The van der Waals surface area contributed by atoms with Crippen molar-refractivity contribution in [1.29, 1.82) is 0 Å². The molecule has 0 aliphatic heterocycles. The molecule has 4 heteroatoms. The van der Waals surface area contributed by atoms with Crippen LogP contribution in [0, 0.1) is 11.6 Å². The summed E-state index contributed by atoms with van der Waals surface area (Å²) in [6, 6.07) is 12.1. The summed E-state index contributed by atoms with van der Waals surface area (Å²) in [5, 5.41) is 3.01. The van der Waals surface area contributed by atoms with Crippen molar-refractivity contribution in [1.82, 2.24) is 5.32 Å². The van der Waals surface area contributed by atoms with Gasteiger partial charge in [-0.25, -0.2) is 8.78 Å². The highest BCUT2D eigenvalue weighted by molar-refractivity contribution is 5.80. The second-order valence-corrected chi connectivity index (χ2v) is 5.44. The summed E-state index contributed by atoms with van der Waals surface area (Å²) >= 11 is 0. The summed E-state index contributed by atoms with van der Waals surface area (Å²) in [4.78, 5) is 12.1. The van der Waals surface area contributed by atoms with Crippen LogP contribution in [0.1, 0.15) is 24.0 Å². The Balaban J connectivity index is 1.67. The van der Waals surface area contributed by atoms with E-state index in [1.165, 1.54) is 24.3 Å². The van der Waals surface area contributed by atoms with Gasteiger partial charge >= 0.3 is 0 Å². The number of carbonyl (C=O) groups excluding carboxylic acids is 1. The zero-order valence-electron chi connectivity index (χ0n) is 11.4. The molecule has 0 heterocycles. The number of nitrogens with one attached hydrogen (secondary N) is 1. The van der Waals surface area contributed by atoms with Crippen molar-refractivity contribution in [2.45, 2.75) is 24.8 Å². The predicted octanol–water partition coefficient (Wildman–Crippen LogP) is 3.31. The molecule has 1 amide bonds. The van der Waals surface area contributed by atoms with E-state index in [2.05, 4.69) is 5.32 Å². The smallest absolute Gasteiger partial charge is 0.225 e. The lowest BCUT2D eigenvalue weighted by Gasteiger charge is -2.18.